The molecule has 2 atom stereocenters. The Balaban J connectivity index is 2.16. The number of benzene rings is 1. The fourth-order valence-electron chi connectivity index (χ4n) is 2.39. The van der Waals surface area contributed by atoms with Crippen LogP contribution in [0.2, 0.25) is 0 Å². The summed E-state index contributed by atoms with van der Waals surface area (Å²) in [7, 11) is 0. The van der Waals surface area contributed by atoms with Crippen LogP contribution in [0.3, 0.4) is 0 Å². The van der Waals surface area contributed by atoms with E-state index in [0.29, 0.717) is 6.42 Å². The van der Waals surface area contributed by atoms with E-state index in [1.165, 1.54) is 0 Å². The van der Waals surface area contributed by atoms with E-state index in [1.54, 1.807) is 0 Å². The number of fused-ring (bicyclic) bond motifs is 3. The van der Waals surface area contributed by atoms with Gasteiger partial charge in [-0.1, -0.05) is 24.3 Å². The monoisotopic (exact) mass is 218 g/mol. The first kappa shape index (κ1) is 9.47. The third kappa shape index (κ3) is 1.06. The lowest BCUT2D eigenvalue weighted by atomic mass is 9.95. The van der Waals surface area contributed by atoms with Gasteiger partial charge in [-0.2, -0.15) is 10.2 Å². The number of hydrogen-bond donors (Lipinski definition) is 1. The highest BCUT2D eigenvalue weighted by Crippen LogP contribution is 2.46. The van der Waals surface area contributed by atoms with Crippen molar-refractivity contribution in [1.82, 2.24) is 0 Å². The zero-order valence-electron chi connectivity index (χ0n) is 8.46. The molecule has 1 aliphatic heterocycles. The topological polar surface area (TPSA) is 71.2 Å². The molecule has 0 fully saturated rings. The van der Waals surface area contributed by atoms with Gasteiger partial charge < -0.3 is 9.84 Å². The summed E-state index contributed by atoms with van der Waals surface area (Å²) in [5.74, 6) is -0.965. The van der Waals surface area contributed by atoms with Crippen molar-refractivity contribution in [1.29, 1.82) is 0 Å². The lowest BCUT2D eigenvalue weighted by Crippen LogP contribution is -2.46. The van der Waals surface area contributed by atoms with E-state index in [-0.39, 0.29) is 6.73 Å². The van der Waals surface area contributed by atoms with Gasteiger partial charge >= 0.3 is 5.97 Å². The molecule has 0 bridgehead atoms. The number of rotatable bonds is 1. The third-order valence-corrected chi connectivity index (χ3v) is 3.18. The van der Waals surface area contributed by atoms with Crippen LogP contribution in [0, 0.1) is 0 Å². The highest BCUT2D eigenvalue weighted by atomic mass is 16.5. The Morgan fingerprint density at radius 2 is 2.31 bits per heavy atom. The summed E-state index contributed by atoms with van der Waals surface area (Å²) in [6.07, 6.45) is 0.363. The van der Waals surface area contributed by atoms with Crippen LogP contribution in [-0.2, 0) is 16.0 Å². The molecule has 0 amide bonds. The number of azo groups is 1. The first-order chi connectivity index (χ1) is 7.74. The van der Waals surface area contributed by atoms with E-state index in [0.717, 1.165) is 11.1 Å². The minimum absolute atomic E-state index is 0.0246. The summed E-state index contributed by atoms with van der Waals surface area (Å²) < 4.78 is 5.37. The minimum Gasteiger partial charge on any atom is -0.479 e. The Morgan fingerprint density at radius 1 is 1.50 bits per heavy atom. The molecule has 3 rings (SSSR count). The zero-order valence-corrected chi connectivity index (χ0v) is 8.46. The second-order valence-corrected chi connectivity index (χ2v) is 4.00. The Hall–Kier alpha value is -1.75. The number of nitrogens with zero attached hydrogens (tertiary/aromatic N) is 2. The van der Waals surface area contributed by atoms with Crippen molar-refractivity contribution in [3.63, 3.8) is 0 Å². The van der Waals surface area contributed by atoms with E-state index < -0.39 is 17.6 Å². The molecular formula is C11H10N2O3. The van der Waals surface area contributed by atoms with Gasteiger partial charge in [0.25, 0.3) is 0 Å². The molecule has 1 aliphatic carbocycles. The van der Waals surface area contributed by atoms with Crippen molar-refractivity contribution >= 4 is 5.97 Å². The van der Waals surface area contributed by atoms with Gasteiger partial charge in [0.1, 0.15) is 6.04 Å². The predicted molar refractivity (Wildman–Crippen MR) is 54.1 cm³/mol. The summed E-state index contributed by atoms with van der Waals surface area (Å²) in [6, 6.07) is 7.06. The molecule has 0 radical (unpaired) electrons. The predicted octanol–water partition coefficient (Wildman–Crippen LogP) is 1.55. The number of aliphatic carboxylic acids is 1. The average Bonchev–Trinajstić information content (AvgIpc) is 2.64. The third-order valence-electron chi connectivity index (χ3n) is 3.18. The Morgan fingerprint density at radius 3 is 3.12 bits per heavy atom. The van der Waals surface area contributed by atoms with Crippen molar-refractivity contribution in [2.45, 2.75) is 18.1 Å². The molecule has 0 saturated heterocycles. The normalized spacial score (nSPS) is 30.9. The fraction of sp³-hybridized carbons (Fsp3) is 0.364. The van der Waals surface area contributed by atoms with Crippen LogP contribution >= 0.6 is 0 Å². The van der Waals surface area contributed by atoms with Crippen molar-refractivity contribution in [3.8, 4) is 0 Å². The lowest BCUT2D eigenvalue weighted by molar-refractivity contribution is -0.171. The van der Waals surface area contributed by atoms with Crippen LogP contribution in [0.1, 0.15) is 17.2 Å². The molecule has 1 aromatic carbocycles. The Labute approximate surface area is 91.8 Å². The SMILES string of the molecule is O=C(O)C12Cc3ccccc3C1N=NCO2. The van der Waals surface area contributed by atoms with Crippen molar-refractivity contribution in [2.24, 2.45) is 10.2 Å². The highest BCUT2D eigenvalue weighted by molar-refractivity contribution is 5.81. The number of carboxylic acids is 1. The number of carbonyl (C=O) groups is 1. The van der Waals surface area contributed by atoms with Crippen LogP contribution in [-0.4, -0.2) is 23.4 Å². The van der Waals surface area contributed by atoms with E-state index in [2.05, 4.69) is 10.2 Å². The quantitative estimate of drug-likeness (QED) is 0.777. The summed E-state index contributed by atoms with van der Waals surface area (Å²) in [4.78, 5) is 11.4. The van der Waals surface area contributed by atoms with Gasteiger partial charge in [-0.25, -0.2) is 4.79 Å². The molecule has 0 spiro atoms. The van der Waals surface area contributed by atoms with Crippen molar-refractivity contribution in [2.75, 3.05) is 6.73 Å². The molecule has 5 nitrogen and oxygen atoms in total. The number of hydrogen-bond acceptors (Lipinski definition) is 4. The molecule has 16 heavy (non-hydrogen) atoms. The van der Waals surface area contributed by atoms with E-state index in [4.69, 9.17) is 4.74 Å². The van der Waals surface area contributed by atoms with Crippen LogP contribution in [0.25, 0.3) is 0 Å². The van der Waals surface area contributed by atoms with Crippen LogP contribution in [0.4, 0.5) is 0 Å². The van der Waals surface area contributed by atoms with Crippen LogP contribution in [0.5, 0.6) is 0 Å². The van der Waals surface area contributed by atoms with E-state index in [9.17, 15) is 9.90 Å². The maximum atomic E-state index is 11.4. The Kier molecular flexibility index (Phi) is 1.85. The first-order valence-corrected chi connectivity index (χ1v) is 5.06. The maximum absolute atomic E-state index is 11.4. The Bertz CT molecular complexity index is 486. The molecule has 0 aromatic heterocycles. The highest BCUT2D eigenvalue weighted by Gasteiger charge is 2.55. The van der Waals surface area contributed by atoms with Crippen LogP contribution in [0.15, 0.2) is 34.5 Å². The summed E-state index contributed by atoms with van der Waals surface area (Å²) in [6.45, 7) is 0.0246. The number of ether oxygens (including phenoxy) is 1. The first-order valence-electron chi connectivity index (χ1n) is 5.06. The van der Waals surface area contributed by atoms with E-state index in [1.807, 2.05) is 24.3 Å². The van der Waals surface area contributed by atoms with Gasteiger partial charge in [-0.05, 0) is 11.1 Å². The van der Waals surface area contributed by atoms with Crippen LogP contribution < -0.4 is 0 Å². The smallest absolute Gasteiger partial charge is 0.339 e. The van der Waals surface area contributed by atoms with E-state index >= 15 is 0 Å². The molecule has 82 valence electrons. The molecule has 1 N–H and O–H groups in total. The fourth-order valence-corrected chi connectivity index (χ4v) is 2.39. The lowest BCUT2D eigenvalue weighted by Gasteiger charge is -2.30. The standard InChI is InChI=1S/C11H10N2O3/c14-10(15)11-5-7-3-1-2-4-8(7)9(11)13-12-6-16-11/h1-4,9H,5-6H2,(H,14,15). The molecule has 0 saturated carbocycles. The molecular weight excluding hydrogens is 208 g/mol. The second kappa shape index (κ2) is 3.12. The molecule has 5 heteroatoms. The number of carboxylic acid groups (broad SMARTS) is 1. The zero-order chi connectivity index (χ0) is 11.2. The van der Waals surface area contributed by atoms with Crippen molar-refractivity contribution < 1.29 is 14.6 Å². The van der Waals surface area contributed by atoms with Gasteiger partial charge in [0.05, 0.1) is 0 Å². The van der Waals surface area contributed by atoms with Gasteiger partial charge in [-0.3, -0.25) is 0 Å². The molecule has 2 unspecified atom stereocenters. The van der Waals surface area contributed by atoms with Crippen molar-refractivity contribution in [3.05, 3.63) is 35.4 Å². The largest absolute Gasteiger partial charge is 0.479 e. The molecule has 2 aliphatic rings. The minimum atomic E-state index is -1.24. The summed E-state index contributed by atoms with van der Waals surface area (Å²) in [5, 5.41) is 17.2. The summed E-state index contributed by atoms with van der Waals surface area (Å²) in [5.41, 5.74) is 0.648. The van der Waals surface area contributed by atoms with Gasteiger partial charge in [0.15, 0.2) is 12.3 Å². The maximum Gasteiger partial charge on any atom is 0.339 e. The molecule has 1 heterocycles. The van der Waals surface area contributed by atoms with Gasteiger partial charge in [-0.15, -0.1) is 0 Å². The van der Waals surface area contributed by atoms with Gasteiger partial charge in [0.2, 0.25) is 0 Å². The average molecular weight is 218 g/mol. The summed E-state index contributed by atoms with van der Waals surface area (Å²) >= 11 is 0. The second-order valence-electron chi connectivity index (χ2n) is 4.00. The van der Waals surface area contributed by atoms with Gasteiger partial charge in [0, 0.05) is 6.42 Å². The molecule has 1 aromatic rings.